The van der Waals surface area contributed by atoms with Crippen LogP contribution in [0, 0.1) is 41.4 Å². The molecule has 0 aromatic rings. The van der Waals surface area contributed by atoms with Crippen LogP contribution in [0.15, 0.2) is 12.2 Å². The number of hydrogen-bond acceptors (Lipinski definition) is 22. The minimum atomic E-state index is -2.11. The van der Waals surface area contributed by atoms with Crippen LogP contribution < -0.4 is 97.4 Å². The number of cyclic esters (lactones) is 1. The van der Waals surface area contributed by atoms with Crippen molar-refractivity contribution in [1.29, 1.82) is 0 Å². The second kappa shape index (κ2) is 55.9. The van der Waals surface area contributed by atoms with Crippen LogP contribution in [0.2, 0.25) is 0 Å². The summed E-state index contributed by atoms with van der Waals surface area (Å²) < 4.78 is 5.74. The number of primary amides is 4. The van der Waals surface area contributed by atoms with Gasteiger partial charge in [0.15, 0.2) is 0 Å². The summed E-state index contributed by atoms with van der Waals surface area (Å²) in [7, 11) is 0. The van der Waals surface area contributed by atoms with Crippen molar-refractivity contribution in [3.8, 4) is 0 Å². The lowest BCUT2D eigenvalue weighted by atomic mass is 9.98. The molecule has 1 heterocycles. The fourth-order valence-corrected chi connectivity index (χ4v) is 12.7. The van der Waals surface area contributed by atoms with E-state index in [1.54, 1.807) is 62.3 Å². The molecule has 1 saturated heterocycles. The summed E-state index contributed by atoms with van der Waals surface area (Å²) in [6.45, 7) is 24.8. The van der Waals surface area contributed by atoms with Gasteiger partial charge in [-0.05, 0) is 112 Å². The van der Waals surface area contributed by atoms with Crippen molar-refractivity contribution < 1.29 is 111 Å². The lowest BCUT2D eigenvalue weighted by molar-refractivity contribution is -0.152. The third-order valence-electron chi connectivity index (χ3n) is 19.7. The molecule has 24 N–H and O–H groups in total. The maximum absolute atomic E-state index is 15.1. The summed E-state index contributed by atoms with van der Waals surface area (Å²) in [6, 6.07) is -23.2. The Bertz CT molecular complexity index is 3610. The molecule has 0 spiro atoms. The number of nitrogens with one attached hydrogen (secondary N) is 14. The minimum absolute atomic E-state index is 0.0332. The Labute approximate surface area is 713 Å². The maximum atomic E-state index is 15.1. The van der Waals surface area contributed by atoms with Crippen molar-refractivity contribution in [2.24, 2.45) is 64.4 Å². The largest absolute Gasteiger partial charge is 0.481 e. The molecule has 0 aromatic heterocycles. The van der Waals surface area contributed by atoms with Crippen LogP contribution in [0.5, 0.6) is 0 Å². The van der Waals surface area contributed by atoms with Crippen LogP contribution >= 0.6 is 0 Å². The van der Waals surface area contributed by atoms with E-state index in [9.17, 15) is 96.5 Å². The zero-order chi connectivity index (χ0) is 93.1. The molecule has 41 heteroatoms. The predicted molar refractivity (Wildman–Crippen MR) is 445 cm³/mol. The van der Waals surface area contributed by atoms with Crippen molar-refractivity contribution in [3.63, 3.8) is 0 Å². The molecule has 1 fully saturated rings. The summed E-state index contributed by atoms with van der Waals surface area (Å²) in [6.07, 6.45) is 0.256. The van der Waals surface area contributed by atoms with E-state index >= 15 is 9.59 Å². The van der Waals surface area contributed by atoms with E-state index in [0.29, 0.717) is 12.8 Å². The molecule has 0 aromatic carbocycles. The first-order valence-corrected chi connectivity index (χ1v) is 42.0. The molecule has 1 rings (SSSR count). The topological polar surface area (TPSA) is 664 Å². The molecule has 1 unspecified atom stereocenters. The second-order valence-corrected chi connectivity index (χ2v) is 33.6. The van der Waals surface area contributed by atoms with E-state index in [-0.39, 0.29) is 50.4 Å². The Hall–Kier alpha value is -10.9. The first kappa shape index (κ1) is 109. The minimum Gasteiger partial charge on any atom is -0.481 e. The number of carboxylic acid groups (broad SMARTS) is 1. The van der Waals surface area contributed by atoms with Gasteiger partial charge in [-0.2, -0.15) is 0 Å². The van der Waals surface area contributed by atoms with Crippen molar-refractivity contribution in [2.45, 2.75) is 330 Å². The van der Waals surface area contributed by atoms with Crippen molar-refractivity contribution in [2.75, 3.05) is 6.61 Å². The summed E-state index contributed by atoms with van der Waals surface area (Å²) in [5.74, 6) is -25.4. The van der Waals surface area contributed by atoms with Gasteiger partial charge in [-0.3, -0.25) is 91.1 Å². The number of carbonyl (C=O) groups is 20. The van der Waals surface area contributed by atoms with Gasteiger partial charge in [-0.15, -0.1) is 0 Å². The Kier molecular flexibility index (Phi) is 50.0. The molecule has 122 heavy (non-hydrogen) atoms. The van der Waals surface area contributed by atoms with Crippen LogP contribution in [0.1, 0.15) is 239 Å². The van der Waals surface area contributed by atoms with Crippen LogP contribution in [0.25, 0.3) is 0 Å². The quantitative estimate of drug-likeness (QED) is 0.0173. The van der Waals surface area contributed by atoms with Gasteiger partial charge in [0.05, 0.1) is 12.5 Å². The number of amides is 18. The zero-order valence-corrected chi connectivity index (χ0v) is 73.5. The molecule has 1 aliphatic rings. The van der Waals surface area contributed by atoms with Gasteiger partial charge in [0.25, 0.3) is 0 Å². The number of aliphatic hydroxyl groups excluding tert-OH is 1. The first-order chi connectivity index (χ1) is 56.9. The summed E-state index contributed by atoms with van der Waals surface area (Å²) >= 11 is 0. The fraction of sp³-hybridized carbons (Fsp3) is 0.728. The van der Waals surface area contributed by atoms with Crippen LogP contribution in [0.3, 0.4) is 0 Å². The molecular formula is C81H138N18O23. The molecule has 0 aliphatic carbocycles. The van der Waals surface area contributed by atoms with Gasteiger partial charge < -0.3 is 112 Å². The van der Waals surface area contributed by atoms with E-state index in [1.807, 2.05) is 0 Å². The van der Waals surface area contributed by atoms with E-state index in [2.05, 4.69) is 81.4 Å². The highest BCUT2D eigenvalue weighted by molar-refractivity contribution is 6.02. The van der Waals surface area contributed by atoms with E-state index < -0.39 is 297 Å². The van der Waals surface area contributed by atoms with E-state index in [0.717, 1.165) is 37.8 Å². The molecule has 0 bridgehead atoms. The third kappa shape index (κ3) is 43.0. The van der Waals surface area contributed by atoms with Crippen molar-refractivity contribution >= 4 is 118 Å². The number of hydrogen-bond donors (Lipinski definition) is 20. The summed E-state index contributed by atoms with van der Waals surface area (Å²) in [4.78, 5) is 277. The van der Waals surface area contributed by atoms with Gasteiger partial charge in [-0.25, -0.2) is 4.79 Å². The molecular weight excluding hydrogens is 1590 g/mol. The number of rotatable bonds is 47. The van der Waals surface area contributed by atoms with Crippen molar-refractivity contribution in [3.05, 3.63) is 12.2 Å². The number of aliphatic hydroxyl groups is 1. The number of aliphatic carboxylic acids is 1. The van der Waals surface area contributed by atoms with Gasteiger partial charge in [-0.1, -0.05) is 142 Å². The van der Waals surface area contributed by atoms with Gasteiger partial charge in [0.2, 0.25) is 106 Å². The molecule has 41 nitrogen and oxygen atoms in total. The Morgan fingerprint density at radius 1 is 0.467 bits per heavy atom. The molecule has 0 radical (unpaired) electrons. The van der Waals surface area contributed by atoms with Crippen LogP contribution in [-0.4, -0.2) is 226 Å². The van der Waals surface area contributed by atoms with Gasteiger partial charge in [0, 0.05) is 31.8 Å². The maximum Gasteiger partial charge on any atom is 0.329 e. The fourth-order valence-electron chi connectivity index (χ4n) is 12.7. The second-order valence-electron chi connectivity index (χ2n) is 33.6. The Morgan fingerprint density at radius 2 is 0.918 bits per heavy atom. The van der Waals surface area contributed by atoms with E-state index in [4.69, 9.17) is 27.7 Å². The predicted octanol–water partition coefficient (Wildman–Crippen LogP) is -2.29. The van der Waals surface area contributed by atoms with Gasteiger partial charge >= 0.3 is 11.9 Å². The number of carbonyl (C=O) groups excluding carboxylic acids is 19. The lowest BCUT2D eigenvalue weighted by Gasteiger charge is -2.30. The number of unbranched alkanes of at least 4 members (excludes halogenated alkanes) is 4. The zero-order valence-electron chi connectivity index (χ0n) is 73.5. The highest BCUT2D eigenvalue weighted by Crippen LogP contribution is 2.19. The molecule has 18 amide bonds. The average Bonchev–Trinajstić information content (AvgIpc) is 0.989. The third-order valence-corrected chi connectivity index (χ3v) is 19.7. The SMILES string of the molecule is CCCCCCC[C@@H](O)CC(=O)N[C@@H](CC(C)C)C(=O)N[C@H](CCC(=O)O)C(=O)N[C@H](CCC(N)=O)C(=O)N[C@@H](C(=O)N[C@H](CC(C)C)C(=O)N[C@@H](CCC(N)=O)C(=O)N[C@@H]1COC(=O)[C@H]([C@@H](C)CC)NC(=O)[C@@H](CCC(N)=O)NC(=O)[C@H](C)NC(=O)[C@H](CC(C)C)NC(=O)[C@@H](/C=C/C(N)=O)NC(=O)C(CC(C)C)NC(=O)[C@@H](C(C)C)NC1=O)C(C)C. The molecule has 1 aliphatic heterocycles. The summed E-state index contributed by atoms with van der Waals surface area (Å²) in [5.41, 5.74) is 22.0. The number of ether oxygens (including phenoxy) is 1. The average molecular weight is 1730 g/mol. The lowest BCUT2D eigenvalue weighted by Crippen LogP contribution is -2.62. The highest BCUT2D eigenvalue weighted by atomic mass is 16.5. The molecule has 0 saturated carbocycles. The normalized spacial score (nSPS) is 20.8. The Balaban J connectivity index is 4.17. The van der Waals surface area contributed by atoms with Crippen LogP contribution in [-0.2, 0) is 101 Å². The smallest absolute Gasteiger partial charge is 0.329 e. The number of carboxylic acids is 1. The number of nitrogens with two attached hydrogens (primary N) is 4. The standard InChI is InChI=1S/C81H138N18O23/c1-17-19-20-21-22-23-48(100)38-63(105)87-54(34-40(3)4)75(115)92-53(28-33-64(106)107)69(109)89-52(27-32-62(85)104)72(112)97-65(44(11)12)79(119)94-57(37-43(9)10)77(117)91-50(25-30-60(83)102)71(111)96-58-39-122-81(121)67(46(15)18-2)99-73(113)51(26-31-61(84)103)88-68(108)47(16)86-74(114)55(35-41(5)6)93-70(110)49(24-29-59(82)101)90-76(116)56(36-42(7)8)95-80(120)66(45(13)14)98-78(58)118/h24,29,40-58,65-67,100H,17-23,25-28,30-39H2,1-16H3,(H2,82,101)(H2,83,102)(H2,84,103)(H2,85,104)(H,86,114)(H,87,105)(H,88,108)(H,89,109)(H,90,116)(H,91,117)(H,92,115)(H,93,110)(H,94,119)(H,95,120)(H,96,111)(H,97,112)(H,98,118)(H,99,113)(H,106,107)/b29-24+/t46-,47-,48+,49+,50-,51+,52+,53+,54-,55-,56?,57+,58+,65+,66+,67-/m0/s1. The Morgan fingerprint density at radius 3 is 1.39 bits per heavy atom. The number of esters is 1. The van der Waals surface area contributed by atoms with Crippen LogP contribution in [0.4, 0.5) is 0 Å². The van der Waals surface area contributed by atoms with E-state index in [1.165, 1.54) is 41.5 Å². The van der Waals surface area contributed by atoms with Gasteiger partial charge in [0.1, 0.15) is 91.2 Å². The molecule has 690 valence electrons. The monoisotopic (exact) mass is 1730 g/mol. The van der Waals surface area contributed by atoms with Crippen molar-refractivity contribution in [1.82, 2.24) is 74.4 Å². The first-order valence-electron chi connectivity index (χ1n) is 42.0. The highest BCUT2D eigenvalue weighted by Gasteiger charge is 2.41. The summed E-state index contributed by atoms with van der Waals surface area (Å²) in [5, 5.41) is 55.3. The molecule has 16 atom stereocenters.